The summed E-state index contributed by atoms with van der Waals surface area (Å²) in [4.78, 5) is 26.3. The standard InChI is InChI=1S/C20H17N3.C16H13N3/c1-2-6-16(7-3-1)20-22-11-15(12-23-20)10-18-14-21-13-17-8-4-5-9-19(17)18;1-2-6-15(7-3-1)16-18-11-14(12-19-16)9-13-5-4-8-17-10-13/h1-3,5-7,9,11-14H,4,8,10H2;1-8,10-12H,9H2. The maximum absolute atomic E-state index is 4.51. The summed E-state index contributed by atoms with van der Waals surface area (Å²) < 4.78 is 0. The zero-order chi connectivity index (χ0) is 28.4. The molecule has 4 heterocycles. The fraction of sp³-hybridized carbons (Fsp3) is 0.111. The van der Waals surface area contributed by atoms with E-state index < -0.39 is 0 Å². The Morgan fingerprint density at radius 1 is 0.524 bits per heavy atom. The molecule has 1 aliphatic carbocycles. The van der Waals surface area contributed by atoms with Crippen molar-refractivity contribution in [2.75, 3.05) is 0 Å². The van der Waals surface area contributed by atoms with Crippen LogP contribution in [-0.4, -0.2) is 29.9 Å². The number of hydrogen-bond acceptors (Lipinski definition) is 6. The quantitative estimate of drug-likeness (QED) is 0.220. The van der Waals surface area contributed by atoms with Crippen LogP contribution in [0.2, 0.25) is 0 Å². The van der Waals surface area contributed by atoms with Gasteiger partial charge >= 0.3 is 0 Å². The average Bonchev–Trinajstić information content (AvgIpc) is 3.07. The Morgan fingerprint density at radius 3 is 1.74 bits per heavy atom. The summed E-state index contributed by atoms with van der Waals surface area (Å²) in [5, 5.41) is 0. The molecular formula is C36H30N6. The molecule has 0 saturated carbocycles. The van der Waals surface area contributed by atoms with Crippen molar-refractivity contribution < 1.29 is 0 Å². The third-order valence-electron chi connectivity index (χ3n) is 7.02. The van der Waals surface area contributed by atoms with Gasteiger partial charge in [0.05, 0.1) is 0 Å². The first-order valence-corrected chi connectivity index (χ1v) is 14.1. The summed E-state index contributed by atoms with van der Waals surface area (Å²) in [5.41, 5.74) is 9.35. The summed E-state index contributed by atoms with van der Waals surface area (Å²) in [7, 11) is 0. The number of fused-ring (bicyclic) bond motifs is 1. The summed E-state index contributed by atoms with van der Waals surface area (Å²) in [6.45, 7) is 0. The van der Waals surface area contributed by atoms with Gasteiger partial charge in [-0.15, -0.1) is 0 Å². The Kier molecular flexibility index (Phi) is 8.52. The van der Waals surface area contributed by atoms with E-state index in [0.29, 0.717) is 0 Å². The minimum absolute atomic E-state index is 0.760. The molecule has 0 atom stereocenters. The molecule has 6 nitrogen and oxygen atoms in total. The SMILES string of the molecule is C1=Cc2c(cncc2Cc2cnc(-c3ccccc3)nc2)CC1.c1ccc(-c2ncc(Cc3cccnc3)cn2)cc1. The third kappa shape index (κ3) is 6.85. The molecule has 7 rings (SSSR count). The number of allylic oxidation sites excluding steroid dienone is 1. The highest BCUT2D eigenvalue weighted by Gasteiger charge is 2.11. The molecule has 0 aliphatic heterocycles. The highest BCUT2D eigenvalue weighted by Crippen LogP contribution is 2.24. The number of rotatable bonds is 6. The van der Waals surface area contributed by atoms with Gasteiger partial charge < -0.3 is 0 Å². The van der Waals surface area contributed by atoms with Crippen LogP contribution < -0.4 is 0 Å². The van der Waals surface area contributed by atoms with Crippen LogP contribution in [0.15, 0.2) is 128 Å². The zero-order valence-corrected chi connectivity index (χ0v) is 23.2. The van der Waals surface area contributed by atoms with Crippen molar-refractivity contribution >= 4 is 6.08 Å². The molecule has 0 amide bonds. The van der Waals surface area contributed by atoms with Gasteiger partial charge in [-0.05, 0) is 52.3 Å². The van der Waals surface area contributed by atoms with Crippen molar-refractivity contribution in [1.29, 1.82) is 0 Å². The highest BCUT2D eigenvalue weighted by atomic mass is 14.9. The number of nitrogens with zero attached hydrogens (tertiary/aromatic N) is 6. The highest BCUT2D eigenvalue weighted by molar-refractivity contribution is 5.60. The molecule has 204 valence electrons. The van der Waals surface area contributed by atoms with Crippen LogP contribution in [0.25, 0.3) is 28.9 Å². The van der Waals surface area contributed by atoms with Crippen LogP contribution >= 0.6 is 0 Å². The predicted molar refractivity (Wildman–Crippen MR) is 166 cm³/mol. The summed E-state index contributed by atoms with van der Waals surface area (Å²) in [5.74, 6) is 1.53. The Balaban J connectivity index is 0.000000153. The van der Waals surface area contributed by atoms with Crippen LogP contribution in [0, 0.1) is 0 Å². The number of aryl methyl sites for hydroxylation is 1. The molecule has 0 bridgehead atoms. The molecular weight excluding hydrogens is 516 g/mol. The number of aromatic nitrogens is 6. The van der Waals surface area contributed by atoms with E-state index in [0.717, 1.165) is 59.6 Å². The van der Waals surface area contributed by atoms with E-state index >= 15 is 0 Å². The van der Waals surface area contributed by atoms with E-state index in [1.807, 2.05) is 110 Å². The van der Waals surface area contributed by atoms with Gasteiger partial charge in [-0.2, -0.15) is 0 Å². The van der Waals surface area contributed by atoms with E-state index in [9.17, 15) is 0 Å². The summed E-state index contributed by atoms with van der Waals surface area (Å²) in [6.07, 6.45) is 23.4. The molecule has 6 aromatic rings. The van der Waals surface area contributed by atoms with Gasteiger partial charge in [0.15, 0.2) is 11.6 Å². The normalized spacial score (nSPS) is 11.7. The molecule has 4 aromatic heterocycles. The van der Waals surface area contributed by atoms with Crippen LogP contribution in [0.5, 0.6) is 0 Å². The second-order valence-electron chi connectivity index (χ2n) is 10.1. The van der Waals surface area contributed by atoms with E-state index in [2.05, 4.69) is 48.1 Å². The monoisotopic (exact) mass is 546 g/mol. The molecule has 42 heavy (non-hydrogen) atoms. The second kappa shape index (κ2) is 13.3. The fourth-order valence-corrected chi connectivity index (χ4v) is 4.88. The lowest BCUT2D eigenvalue weighted by Gasteiger charge is -2.14. The van der Waals surface area contributed by atoms with E-state index in [-0.39, 0.29) is 0 Å². The molecule has 6 heteroatoms. The van der Waals surface area contributed by atoms with E-state index in [1.165, 1.54) is 22.3 Å². The van der Waals surface area contributed by atoms with Crippen molar-refractivity contribution in [3.63, 3.8) is 0 Å². The molecule has 1 aliphatic rings. The first-order valence-electron chi connectivity index (χ1n) is 14.1. The Hall–Kier alpha value is -5.36. The van der Waals surface area contributed by atoms with Crippen molar-refractivity contribution in [3.8, 4) is 22.8 Å². The molecule has 0 fully saturated rings. The van der Waals surface area contributed by atoms with Crippen LogP contribution in [-0.2, 0) is 19.3 Å². The maximum atomic E-state index is 4.51. The lowest BCUT2D eigenvalue weighted by atomic mass is 9.93. The first-order chi connectivity index (χ1) is 20.8. The molecule has 0 saturated heterocycles. The van der Waals surface area contributed by atoms with Crippen molar-refractivity contribution in [2.24, 2.45) is 0 Å². The van der Waals surface area contributed by atoms with Gasteiger partial charge in [0.1, 0.15) is 0 Å². The van der Waals surface area contributed by atoms with Crippen molar-refractivity contribution in [3.05, 3.63) is 162 Å². The zero-order valence-electron chi connectivity index (χ0n) is 23.2. The second-order valence-corrected chi connectivity index (χ2v) is 10.1. The third-order valence-corrected chi connectivity index (χ3v) is 7.02. The number of benzene rings is 2. The van der Waals surface area contributed by atoms with E-state index in [1.54, 1.807) is 6.20 Å². The Bertz CT molecular complexity index is 1740. The molecule has 0 spiro atoms. The van der Waals surface area contributed by atoms with Gasteiger partial charge in [-0.1, -0.05) is 78.9 Å². The maximum Gasteiger partial charge on any atom is 0.159 e. The molecule has 2 aromatic carbocycles. The van der Waals surface area contributed by atoms with Crippen LogP contribution in [0.4, 0.5) is 0 Å². The van der Waals surface area contributed by atoms with Gasteiger partial charge in [0.25, 0.3) is 0 Å². The topological polar surface area (TPSA) is 77.3 Å². The molecule has 0 radical (unpaired) electrons. The van der Waals surface area contributed by atoms with Crippen molar-refractivity contribution in [1.82, 2.24) is 29.9 Å². The minimum atomic E-state index is 0.760. The summed E-state index contributed by atoms with van der Waals surface area (Å²) in [6, 6.07) is 24.0. The Labute approximate surface area is 246 Å². The van der Waals surface area contributed by atoms with Crippen molar-refractivity contribution in [2.45, 2.75) is 25.7 Å². The van der Waals surface area contributed by atoms with Gasteiger partial charge in [0, 0.05) is 73.5 Å². The van der Waals surface area contributed by atoms with Crippen LogP contribution in [0.1, 0.15) is 39.8 Å². The summed E-state index contributed by atoms with van der Waals surface area (Å²) >= 11 is 0. The molecule has 0 N–H and O–H groups in total. The number of hydrogen-bond donors (Lipinski definition) is 0. The number of pyridine rings is 2. The lowest BCUT2D eigenvalue weighted by molar-refractivity contribution is 0.952. The average molecular weight is 547 g/mol. The lowest BCUT2D eigenvalue weighted by Crippen LogP contribution is -2.02. The first kappa shape index (κ1) is 26.8. The minimum Gasteiger partial charge on any atom is -0.264 e. The predicted octanol–water partition coefficient (Wildman–Crippen LogP) is 7.22. The Morgan fingerprint density at radius 2 is 1.14 bits per heavy atom. The largest absolute Gasteiger partial charge is 0.264 e. The van der Waals surface area contributed by atoms with Gasteiger partial charge in [-0.3, -0.25) is 9.97 Å². The van der Waals surface area contributed by atoms with Gasteiger partial charge in [-0.25, -0.2) is 19.9 Å². The van der Waals surface area contributed by atoms with Gasteiger partial charge in [0.2, 0.25) is 0 Å². The van der Waals surface area contributed by atoms with E-state index in [4.69, 9.17) is 0 Å². The van der Waals surface area contributed by atoms with Crippen LogP contribution in [0.3, 0.4) is 0 Å². The molecule has 0 unspecified atom stereocenters. The smallest absolute Gasteiger partial charge is 0.159 e. The fourth-order valence-electron chi connectivity index (χ4n) is 4.88.